The van der Waals surface area contributed by atoms with Gasteiger partial charge < -0.3 is 0 Å². The molecule has 6 nitrogen and oxygen atoms in total. The third-order valence-electron chi connectivity index (χ3n) is 4.41. The number of benzene rings is 3. The van der Waals surface area contributed by atoms with Crippen molar-refractivity contribution in [1.29, 1.82) is 0 Å². The molecule has 150 valence electrons. The molecule has 30 heavy (non-hydrogen) atoms. The van der Waals surface area contributed by atoms with Crippen molar-refractivity contribution in [2.75, 3.05) is 4.90 Å². The molecule has 0 aliphatic heterocycles. The number of amides is 1. The molecule has 0 aliphatic rings. The van der Waals surface area contributed by atoms with Crippen LogP contribution in [0.1, 0.15) is 15.9 Å². The summed E-state index contributed by atoms with van der Waals surface area (Å²) in [4.78, 5) is 29.6. The van der Waals surface area contributed by atoms with Gasteiger partial charge in [-0.1, -0.05) is 59.3 Å². The van der Waals surface area contributed by atoms with E-state index < -0.39 is 16.6 Å². The number of thiazole rings is 1. The highest BCUT2D eigenvalue weighted by Crippen LogP contribution is 2.33. The molecule has 0 saturated heterocycles. The van der Waals surface area contributed by atoms with Gasteiger partial charge in [-0.2, -0.15) is 0 Å². The van der Waals surface area contributed by atoms with Crippen LogP contribution in [0.4, 0.5) is 15.2 Å². The minimum atomic E-state index is -0.596. The molecule has 0 fully saturated rings. The molecule has 0 saturated carbocycles. The average molecular weight is 442 g/mol. The minimum absolute atomic E-state index is 0.0264. The van der Waals surface area contributed by atoms with Gasteiger partial charge in [0.1, 0.15) is 11.3 Å². The number of non-ortho nitro benzene ring substituents is 1. The molecular formula is C21H13ClFN3O3S. The number of anilines is 1. The van der Waals surface area contributed by atoms with Crippen LogP contribution in [0.25, 0.3) is 10.2 Å². The van der Waals surface area contributed by atoms with Gasteiger partial charge in [-0.05, 0) is 23.8 Å². The fourth-order valence-corrected chi connectivity index (χ4v) is 4.12. The number of carbonyl (C=O) groups excluding carboxylic acids is 1. The molecule has 3 aromatic carbocycles. The Morgan fingerprint density at radius 1 is 1.13 bits per heavy atom. The first-order valence-electron chi connectivity index (χ1n) is 8.79. The number of para-hydroxylation sites is 1. The van der Waals surface area contributed by atoms with Gasteiger partial charge in [0.15, 0.2) is 5.13 Å². The van der Waals surface area contributed by atoms with Crippen molar-refractivity contribution in [2.45, 2.75) is 6.54 Å². The first-order chi connectivity index (χ1) is 14.4. The lowest BCUT2D eigenvalue weighted by molar-refractivity contribution is -0.384. The number of halogens is 2. The van der Waals surface area contributed by atoms with Crippen LogP contribution in [0.2, 0.25) is 5.02 Å². The lowest BCUT2D eigenvalue weighted by Crippen LogP contribution is -2.30. The number of nitro groups is 1. The predicted octanol–water partition coefficient (Wildman–Crippen LogP) is 5.84. The van der Waals surface area contributed by atoms with Gasteiger partial charge in [-0.15, -0.1) is 0 Å². The van der Waals surface area contributed by atoms with Gasteiger partial charge in [-0.3, -0.25) is 19.8 Å². The smallest absolute Gasteiger partial charge is 0.270 e. The number of nitrogens with zero attached hydrogens (tertiary/aromatic N) is 3. The molecule has 0 spiro atoms. The summed E-state index contributed by atoms with van der Waals surface area (Å²) in [5, 5.41) is 11.5. The van der Waals surface area contributed by atoms with Crippen molar-refractivity contribution >= 4 is 49.9 Å². The van der Waals surface area contributed by atoms with Crippen molar-refractivity contribution in [3.63, 3.8) is 0 Å². The average Bonchev–Trinajstić information content (AvgIpc) is 3.18. The number of hydrogen-bond acceptors (Lipinski definition) is 5. The van der Waals surface area contributed by atoms with Gasteiger partial charge in [0.05, 0.1) is 26.8 Å². The van der Waals surface area contributed by atoms with Crippen LogP contribution in [0.15, 0.2) is 66.7 Å². The zero-order valence-corrected chi connectivity index (χ0v) is 16.9. The quantitative estimate of drug-likeness (QED) is 0.288. The maximum absolute atomic E-state index is 14.2. The Kier molecular flexibility index (Phi) is 5.43. The number of aromatic nitrogens is 1. The summed E-state index contributed by atoms with van der Waals surface area (Å²) in [6, 6.07) is 17.4. The molecule has 4 aromatic rings. The highest BCUT2D eigenvalue weighted by Gasteiger charge is 2.26. The summed E-state index contributed by atoms with van der Waals surface area (Å²) in [6.07, 6.45) is 0. The van der Waals surface area contributed by atoms with E-state index in [2.05, 4.69) is 4.98 Å². The summed E-state index contributed by atoms with van der Waals surface area (Å²) in [6.45, 7) is 0.139. The van der Waals surface area contributed by atoms with E-state index in [9.17, 15) is 19.3 Å². The van der Waals surface area contributed by atoms with Crippen LogP contribution in [0, 0.1) is 15.9 Å². The Morgan fingerprint density at radius 2 is 1.90 bits per heavy atom. The maximum atomic E-state index is 14.2. The number of carbonyl (C=O) groups is 1. The van der Waals surface area contributed by atoms with Gasteiger partial charge in [0, 0.05) is 12.1 Å². The Hall–Kier alpha value is -3.36. The van der Waals surface area contributed by atoms with E-state index in [0.717, 1.165) is 23.0 Å². The fourth-order valence-electron chi connectivity index (χ4n) is 2.95. The summed E-state index contributed by atoms with van der Waals surface area (Å²) >= 11 is 7.34. The zero-order chi connectivity index (χ0) is 21.3. The number of nitro benzene ring substituents is 1. The van der Waals surface area contributed by atoms with Crippen molar-refractivity contribution in [1.82, 2.24) is 4.98 Å². The second-order valence-corrected chi connectivity index (χ2v) is 7.80. The van der Waals surface area contributed by atoms with Crippen LogP contribution < -0.4 is 4.90 Å². The van der Waals surface area contributed by atoms with Crippen LogP contribution in [-0.4, -0.2) is 15.8 Å². The largest absolute Gasteiger partial charge is 0.279 e. The van der Waals surface area contributed by atoms with Crippen molar-refractivity contribution < 1.29 is 14.1 Å². The molecule has 1 amide bonds. The third-order valence-corrected chi connectivity index (χ3v) is 5.78. The van der Waals surface area contributed by atoms with Crippen LogP contribution >= 0.6 is 22.9 Å². The third kappa shape index (κ3) is 3.87. The van der Waals surface area contributed by atoms with Gasteiger partial charge in [-0.25, -0.2) is 9.37 Å². The van der Waals surface area contributed by atoms with Gasteiger partial charge in [0.25, 0.3) is 11.6 Å². The van der Waals surface area contributed by atoms with Gasteiger partial charge >= 0.3 is 0 Å². The number of hydrogen-bond donors (Lipinski definition) is 0. The molecule has 0 bridgehead atoms. The van der Waals surface area contributed by atoms with Crippen LogP contribution in [-0.2, 0) is 6.54 Å². The molecule has 0 atom stereocenters. The van der Waals surface area contributed by atoms with Crippen LogP contribution in [0.5, 0.6) is 0 Å². The maximum Gasteiger partial charge on any atom is 0.270 e. The monoisotopic (exact) mass is 441 g/mol. The molecule has 1 heterocycles. The Balaban J connectivity index is 1.82. The van der Waals surface area contributed by atoms with Crippen LogP contribution in [0.3, 0.4) is 0 Å². The number of fused-ring (bicyclic) bond motifs is 1. The zero-order valence-electron chi connectivity index (χ0n) is 15.3. The van der Waals surface area contributed by atoms with Crippen molar-refractivity contribution in [3.05, 3.63) is 98.8 Å². The van der Waals surface area contributed by atoms with E-state index in [1.54, 1.807) is 12.1 Å². The van der Waals surface area contributed by atoms with E-state index in [1.165, 1.54) is 23.1 Å². The van der Waals surface area contributed by atoms with E-state index in [1.807, 2.05) is 30.3 Å². The molecule has 9 heteroatoms. The lowest BCUT2D eigenvalue weighted by atomic mass is 10.1. The first kappa shape index (κ1) is 19.9. The normalized spacial score (nSPS) is 10.9. The van der Waals surface area contributed by atoms with E-state index >= 15 is 0 Å². The second-order valence-electron chi connectivity index (χ2n) is 6.38. The van der Waals surface area contributed by atoms with Crippen molar-refractivity contribution in [3.8, 4) is 0 Å². The highest BCUT2D eigenvalue weighted by molar-refractivity contribution is 7.22. The Morgan fingerprint density at radius 3 is 2.60 bits per heavy atom. The minimum Gasteiger partial charge on any atom is -0.279 e. The van der Waals surface area contributed by atoms with Crippen molar-refractivity contribution in [2.24, 2.45) is 0 Å². The summed E-state index contributed by atoms with van der Waals surface area (Å²) in [7, 11) is 0. The first-order valence-corrected chi connectivity index (χ1v) is 9.98. The summed E-state index contributed by atoms with van der Waals surface area (Å²) < 4.78 is 14.7. The Bertz CT molecular complexity index is 1260. The molecular weight excluding hydrogens is 429 g/mol. The van der Waals surface area contributed by atoms with Gasteiger partial charge in [0.2, 0.25) is 0 Å². The molecule has 0 N–H and O–H groups in total. The van der Waals surface area contributed by atoms with E-state index in [-0.39, 0.29) is 33.5 Å². The summed E-state index contributed by atoms with van der Waals surface area (Å²) in [5.41, 5.74) is 0.694. The fraction of sp³-hybridized carbons (Fsp3) is 0.0476. The highest BCUT2D eigenvalue weighted by atomic mass is 35.5. The second kappa shape index (κ2) is 8.17. The lowest BCUT2D eigenvalue weighted by Gasteiger charge is -2.20. The molecule has 4 rings (SSSR count). The SMILES string of the molecule is O=C(c1cc([N+](=O)[O-])ccc1Cl)N(Cc1ccccc1)c1nc2c(F)cccc2s1. The number of rotatable bonds is 5. The molecule has 0 unspecified atom stereocenters. The topological polar surface area (TPSA) is 76.3 Å². The predicted molar refractivity (Wildman–Crippen MR) is 115 cm³/mol. The Labute approximate surface area is 179 Å². The van der Waals surface area contributed by atoms with E-state index in [0.29, 0.717) is 4.70 Å². The molecule has 0 aliphatic carbocycles. The molecule has 1 aromatic heterocycles. The standard InChI is InChI=1S/C21H13ClFN3O3S/c22-16-10-9-14(26(28)29)11-15(16)20(27)25(12-13-5-2-1-3-6-13)21-24-19-17(23)7-4-8-18(19)30-21/h1-11H,12H2. The van der Waals surface area contributed by atoms with E-state index in [4.69, 9.17) is 11.6 Å². The summed E-state index contributed by atoms with van der Waals surface area (Å²) in [5.74, 6) is -1.05. The molecule has 0 radical (unpaired) electrons.